The van der Waals surface area contributed by atoms with Crippen molar-refractivity contribution in [1.82, 2.24) is 25.1 Å². The lowest BCUT2D eigenvalue weighted by atomic mass is 10.0. The first-order chi connectivity index (χ1) is 10.9. The summed E-state index contributed by atoms with van der Waals surface area (Å²) in [5.41, 5.74) is 5.92. The molecule has 122 valence electrons. The number of pyridine rings is 1. The third kappa shape index (κ3) is 4.12. The van der Waals surface area contributed by atoms with Crippen LogP contribution in [0.25, 0.3) is 5.69 Å². The van der Waals surface area contributed by atoms with Gasteiger partial charge < -0.3 is 11.1 Å². The van der Waals surface area contributed by atoms with E-state index >= 15 is 0 Å². The highest BCUT2D eigenvalue weighted by Crippen LogP contribution is 2.22. The zero-order chi connectivity index (χ0) is 17.0. The van der Waals surface area contributed by atoms with Crippen LogP contribution in [0.4, 0.5) is 0 Å². The van der Waals surface area contributed by atoms with Crippen LogP contribution in [-0.4, -0.2) is 31.6 Å². The normalized spacial score (nSPS) is 12.2. The molecule has 0 saturated carbocycles. The Balaban J connectivity index is 2.52. The maximum absolute atomic E-state index is 11.5. The number of nitrogens with two attached hydrogens (primary N) is 1. The van der Waals surface area contributed by atoms with Crippen molar-refractivity contribution >= 4 is 11.8 Å². The van der Waals surface area contributed by atoms with Gasteiger partial charge in [0.1, 0.15) is 0 Å². The van der Waals surface area contributed by atoms with E-state index in [0.717, 1.165) is 0 Å². The van der Waals surface area contributed by atoms with Crippen molar-refractivity contribution in [3.8, 4) is 5.69 Å². The molecule has 3 N–H and O–H groups in total. The van der Waals surface area contributed by atoms with Crippen LogP contribution in [0.5, 0.6) is 0 Å². The summed E-state index contributed by atoms with van der Waals surface area (Å²) < 4.78 is 1.59. The molecule has 0 aliphatic carbocycles. The lowest BCUT2D eigenvalue weighted by Crippen LogP contribution is -2.32. The molecule has 2 aromatic heterocycles. The standard InChI is InChI=1S/C15H20N6O2/c1-9(2)14(18-10(3)22)15-19-13(7-12(16)23)20-21(15)11-5-4-6-17-8-11/h4-6,8-9,14H,7H2,1-3H3,(H2,16,23)(H,18,22)/t14-/m0/s1. The summed E-state index contributed by atoms with van der Waals surface area (Å²) in [6.45, 7) is 5.39. The van der Waals surface area contributed by atoms with E-state index in [9.17, 15) is 9.59 Å². The molecule has 0 fully saturated rings. The second-order valence-corrected chi connectivity index (χ2v) is 5.57. The molecule has 0 bridgehead atoms. The van der Waals surface area contributed by atoms with Crippen molar-refractivity contribution in [2.24, 2.45) is 11.7 Å². The van der Waals surface area contributed by atoms with Gasteiger partial charge in [0.25, 0.3) is 0 Å². The average Bonchev–Trinajstić information content (AvgIpc) is 2.88. The summed E-state index contributed by atoms with van der Waals surface area (Å²) in [5, 5.41) is 7.22. The number of amides is 2. The molecular formula is C15H20N6O2. The zero-order valence-corrected chi connectivity index (χ0v) is 13.4. The van der Waals surface area contributed by atoms with E-state index in [1.165, 1.54) is 6.92 Å². The molecule has 0 saturated heterocycles. The number of nitrogens with one attached hydrogen (secondary N) is 1. The number of hydrogen-bond donors (Lipinski definition) is 2. The molecule has 8 heteroatoms. The van der Waals surface area contributed by atoms with Gasteiger partial charge in [0.05, 0.1) is 24.3 Å². The summed E-state index contributed by atoms with van der Waals surface area (Å²) in [5.74, 6) is 0.258. The lowest BCUT2D eigenvalue weighted by Gasteiger charge is -2.21. The fourth-order valence-electron chi connectivity index (χ4n) is 2.22. The van der Waals surface area contributed by atoms with E-state index < -0.39 is 5.91 Å². The van der Waals surface area contributed by atoms with Crippen LogP contribution in [-0.2, 0) is 16.0 Å². The number of carbonyl (C=O) groups is 2. The van der Waals surface area contributed by atoms with Crippen molar-refractivity contribution in [1.29, 1.82) is 0 Å². The van der Waals surface area contributed by atoms with Crippen LogP contribution < -0.4 is 11.1 Å². The quantitative estimate of drug-likeness (QED) is 0.806. The molecule has 8 nitrogen and oxygen atoms in total. The van der Waals surface area contributed by atoms with Crippen molar-refractivity contribution in [2.75, 3.05) is 0 Å². The summed E-state index contributed by atoms with van der Waals surface area (Å²) in [6.07, 6.45) is 3.22. The Hall–Kier alpha value is -2.77. The van der Waals surface area contributed by atoms with Gasteiger partial charge in [0.2, 0.25) is 11.8 Å². The van der Waals surface area contributed by atoms with Crippen LogP contribution in [0.1, 0.15) is 38.5 Å². The molecule has 0 aliphatic rings. The molecule has 2 aromatic rings. The lowest BCUT2D eigenvalue weighted by molar-refractivity contribution is -0.120. The van der Waals surface area contributed by atoms with Crippen LogP contribution >= 0.6 is 0 Å². The van der Waals surface area contributed by atoms with Gasteiger partial charge in [-0.3, -0.25) is 14.6 Å². The Morgan fingerprint density at radius 2 is 2.13 bits per heavy atom. The monoisotopic (exact) mass is 316 g/mol. The maximum atomic E-state index is 11.5. The molecule has 1 atom stereocenters. The number of carbonyl (C=O) groups excluding carboxylic acids is 2. The summed E-state index contributed by atoms with van der Waals surface area (Å²) in [7, 11) is 0. The first kappa shape index (κ1) is 16.6. The minimum Gasteiger partial charge on any atom is -0.369 e. The highest BCUT2D eigenvalue weighted by atomic mass is 16.1. The van der Waals surface area contributed by atoms with E-state index in [2.05, 4.69) is 20.4 Å². The molecule has 0 radical (unpaired) electrons. The number of nitrogens with zero attached hydrogens (tertiary/aromatic N) is 4. The van der Waals surface area contributed by atoms with E-state index in [1.807, 2.05) is 19.9 Å². The Morgan fingerprint density at radius 3 is 2.65 bits per heavy atom. The Labute approximate surface area is 134 Å². The third-order valence-corrected chi connectivity index (χ3v) is 3.20. The first-order valence-electron chi connectivity index (χ1n) is 7.30. The number of hydrogen-bond acceptors (Lipinski definition) is 5. The molecule has 2 heterocycles. The molecule has 2 amide bonds. The second kappa shape index (κ2) is 6.99. The smallest absolute Gasteiger partial charge is 0.225 e. The molecular weight excluding hydrogens is 296 g/mol. The molecule has 0 unspecified atom stereocenters. The van der Waals surface area contributed by atoms with Gasteiger partial charge in [0.15, 0.2) is 11.6 Å². The Bertz CT molecular complexity index is 695. The van der Waals surface area contributed by atoms with Gasteiger partial charge in [-0.25, -0.2) is 9.67 Å². The number of rotatable bonds is 6. The van der Waals surface area contributed by atoms with Crippen molar-refractivity contribution in [3.05, 3.63) is 36.2 Å². The van der Waals surface area contributed by atoms with Gasteiger partial charge in [-0.05, 0) is 18.1 Å². The summed E-state index contributed by atoms with van der Waals surface area (Å²) in [4.78, 5) is 31.1. The van der Waals surface area contributed by atoms with E-state index in [0.29, 0.717) is 17.3 Å². The summed E-state index contributed by atoms with van der Waals surface area (Å²) in [6, 6.07) is 3.25. The highest BCUT2D eigenvalue weighted by Gasteiger charge is 2.25. The number of aromatic nitrogens is 4. The molecule has 23 heavy (non-hydrogen) atoms. The fraction of sp³-hybridized carbons (Fsp3) is 0.400. The van der Waals surface area contributed by atoms with E-state index in [-0.39, 0.29) is 24.3 Å². The maximum Gasteiger partial charge on any atom is 0.225 e. The third-order valence-electron chi connectivity index (χ3n) is 3.20. The van der Waals surface area contributed by atoms with Crippen LogP contribution in [0, 0.1) is 5.92 Å². The number of primary amides is 1. The molecule has 0 aromatic carbocycles. The summed E-state index contributed by atoms with van der Waals surface area (Å²) >= 11 is 0. The largest absolute Gasteiger partial charge is 0.369 e. The first-order valence-corrected chi connectivity index (χ1v) is 7.30. The van der Waals surface area contributed by atoms with Crippen molar-refractivity contribution in [3.63, 3.8) is 0 Å². The van der Waals surface area contributed by atoms with E-state index in [4.69, 9.17) is 5.73 Å². The Kier molecular flexibility index (Phi) is 5.05. The van der Waals surface area contributed by atoms with Gasteiger partial charge in [0, 0.05) is 13.1 Å². The van der Waals surface area contributed by atoms with Crippen LogP contribution in [0.15, 0.2) is 24.5 Å². The van der Waals surface area contributed by atoms with Crippen LogP contribution in [0.3, 0.4) is 0 Å². The predicted molar refractivity (Wildman–Crippen MR) is 83.4 cm³/mol. The van der Waals surface area contributed by atoms with Gasteiger partial charge in [-0.2, -0.15) is 5.10 Å². The minimum atomic E-state index is -0.513. The van der Waals surface area contributed by atoms with Crippen molar-refractivity contribution in [2.45, 2.75) is 33.2 Å². The Morgan fingerprint density at radius 1 is 1.39 bits per heavy atom. The predicted octanol–water partition coefficient (Wildman–Crippen LogP) is 0.523. The zero-order valence-electron chi connectivity index (χ0n) is 13.4. The van der Waals surface area contributed by atoms with Crippen LogP contribution in [0.2, 0.25) is 0 Å². The van der Waals surface area contributed by atoms with Crippen molar-refractivity contribution < 1.29 is 9.59 Å². The molecule has 0 spiro atoms. The minimum absolute atomic E-state index is 0.0643. The highest BCUT2D eigenvalue weighted by molar-refractivity contribution is 5.75. The fourth-order valence-corrected chi connectivity index (χ4v) is 2.22. The van der Waals surface area contributed by atoms with E-state index in [1.54, 1.807) is 23.1 Å². The van der Waals surface area contributed by atoms with Gasteiger partial charge in [-0.1, -0.05) is 13.8 Å². The molecule has 2 rings (SSSR count). The van der Waals surface area contributed by atoms with Gasteiger partial charge >= 0.3 is 0 Å². The average molecular weight is 316 g/mol. The second-order valence-electron chi connectivity index (χ2n) is 5.57. The van der Waals surface area contributed by atoms with Gasteiger partial charge in [-0.15, -0.1) is 0 Å². The molecule has 0 aliphatic heterocycles. The SMILES string of the molecule is CC(=O)N[C@H](c1nc(CC(N)=O)nn1-c1cccnc1)C(C)C. The topological polar surface area (TPSA) is 116 Å².